The van der Waals surface area contributed by atoms with Crippen LogP contribution in [0.25, 0.3) is 0 Å². The highest BCUT2D eigenvalue weighted by Crippen LogP contribution is 2.34. The van der Waals surface area contributed by atoms with Crippen LogP contribution in [0.1, 0.15) is 74.2 Å². The van der Waals surface area contributed by atoms with Crippen molar-refractivity contribution in [3.8, 4) is 0 Å². The maximum Gasteiger partial charge on any atom is 0.341 e. The molecule has 3 rings (SSSR count). The molecule has 0 saturated heterocycles. The monoisotopic (exact) mass is 543 g/mol. The molecule has 0 radical (unpaired) electrons. The van der Waals surface area contributed by atoms with Gasteiger partial charge >= 0.3 is 5.97 Å². The molecule has 2 heterocycles. The molecule has 2 N–H and O–H groups in total. The number of aromatic nitrogens is 3. The van der Waals surface area contributed by atoms with Crippen molar-refractivity contribution in [2.24, 2.45) is 7.05 Å². The van der Waals surface area contributed by atoms with Crippen LogP contribution < -0.4 is 10.6 Å². The van der Waals surface area contributed by atoms with E-state index in [2.05, 4.69) is 20.8 Å². The van der Waals surface area contributed by atoms with Gasteiger partial charge in [0.15, 0.2) is 16.8 Å². The SMILES string of the molecule is CCOC(=O)c1c(NC(=O)CSc2nnc([C@H](C)NC(=O)c3cccc(C)c3)n2C)sc(C(C)=O)c1C. The normalized spacial score (nSPS) is 11.6. The average molecular weight is 544 g/mol. The predicted molar refractivity (Wildman–Crippen MR) is 142 cm³/mol. The maximum absolute atomic E-state index is 12.7. The smallest absolute Gasteiger partial charge is 0.341 e. The molecular formula is C25H29N5O5S2. The molecule has 1 atom stereocenters. The van der Waals surface area contributed by atoms with E-state index in [9.17, 15) is 19.2 Å². The summed E-state index contributed by atoms with van der Waals surface area (Å²) in [4.78, 5) is 50.1. The average Bonchev–Trinajstić information content (AvgIpc) is 3.37. The molecular weight excluding hydrogens is 514 g/mol. The summed E-state index contributed by atoms with van der Waals surface area (Å²) < 4.78 is 6.82. The number of nitrogens with zero attached hydrogens (tertiary/aromatic N) is 3. The van der Waals surface area contributed by atoms with Crippen LogP contribution in [0, 0.1) is 13.8 Å². The highest BCUT2D eigenvalue weighted by molar-refractivity contribution is 7.99. The summed E-state index contributed by atoms with van der Waals surface area (Å²) in [5, 5.41) is 14.7. The summed E-state index contributed by atoms with van der Waals surface area (Å²) in [6.45, 7) is 8.65. The van der Waals surface area contributed by atoms with Gasteiger partial charge in [-0.2, -0.15) is 0 Å². The Morgan fingerprint density at radius 3 is 2.57 bits per heavy atom. The molecule has 2 amide bonds. The Morgan fingerprint density at radius 2 is 1.92 bits per heavy atom. The topological polar surface area (TPSA) is 132 Å². The quantitative estimate of drug-likeness (QED) is 0.222. The van der Waals surface area contributed by atoms with E-state index in [1.54, 1.807) is 37.6 Å². The minimum Gasteiger partial charge on any atom is -0.462 e. The largest absolute Gasteiger partial charge is 0.462 e. The molecule has 0 unspecified atom stereocenters. The van der Waals surface area contributed by atoms with Crippen molar-refractivity contribution < 1.29 is 23.9 Å². The standard InChI is InChI=1S/C25H29N5O5S2/c1-7-35-24(34)19-14(3)20(16(5)31)37-23(19)27-18(32)12-36-25-29-28-21(30(25)6)15(4)26-22(33)17-10-8-9-13(2)11-17/h8-11,15H,7,12H2,1-6H3,(H,26,33)(H,27,32)/t15-/m0/s1. The van der Waals surface area contributed by atoms with Crippen molar-refractivity contribution in [3.63, 3.8) is 0 Å². The molecule has 0 fully saturated rings. The summed E-state index contributed by atoms with van der Waals surface area (Å²) in [6, 6.07) is 6.88. The van der Waals surface area contributed by atoms with Crippen molar-refractivity contribution in [2.75, 3.05) is 17.7 Å². The lowest BCUT2D eigenvalue weighted by Crippen LogP contribution is -2.28. The van der Waals surface area contributed by atoms with E-state index in [4.69, 9.17) is 4.74 Å². The van der Waals surface area contributed by atoms with Crippen LogP contribution in [0.4, 0.5) is 5.00 Å². The van der Waals surface area contributed by atoms with Crippen LogP contribution >= 0.6 is 23.1 Å². The Kier molecular flexibility index (Phi) is 9.22. The zero-order valence-electron chi connectivity index (χ0n) is 21.5. The van der Waals surface area contributed by atoms with Crippen LogP contribution in [-0.2, 0) is 16.6 Å². The Balaban J connectivity index is 1.66. The van der Waals surface area contributed by atoms with E-state index < -0.39 is 12.0 Å². The number of aryl methyl sites for hydroxylation is 1. The molecule has 0 bridgehead atoms. The molecule has 12 heteroatoms. The minimum absolute atomic E-state index is 0.00930. The lowest BCUT2D eigenvalue weighted by Gasteiger charge is -2.14. The van der Waals surface area contributed by atoms with Gasteiger partial charge < -0.3 is 19.9 Å². The van der Waals surface area contributed by atoms with Crippen molar-refractivity contribution in [2.45, 2.75) is 45.8 Å². The van der Waals surface area contributed by atoms with Crippen LogP contribution in [-0.4, -0.2) is 50.7 Å². The van der Waals surface area contributed by atoms with Gasteiger partial charge in [0, 0.05) is 12.6 Å². The number of nitrogens with one attached hydrogen (secondary N) is 2. The number of rotatable bonds is 10. The first-order valence-electron chi connectivity index (χ1n) is 11.5. The molecule has 1 aromatic carbocycles. The van der Waals surface area contributed by atoms with E-state index in [1.165, 1.54) is 6.92 Å². The highest BCUT2D eigenvalue weighted by atomic mass is 32.2. The van der Waals surface area contributed by atoms with E-state index in [0.29, 0.717) is 27.0 Å². The number of benzene rings is 1. The number of ketones is 1. The molecule has 3 aromatic rings. The van der Waals surface area contributed by atoms with Crippen LogP contribution in [0.15, 0.2) is 29.4 Å². The second kappa shape index (κ2) is 12.2. The van der Waals surface area contributed by atoms with Crippen LogP contribution in [0.2, 0.25) is 0 Å². The van der Waals surface area contributed by atoms with Gasteiger partial charge in [-0.25, -0.2) is 4.79 Å². The number of esters is 1. The number of ether oxygens (including phenoxy) is 1. The summed E-state index contributed by atoms with van der Waals surface area (Å²) in [5.74, 6) is -0.860. The van der Waals surface area contributed by atoms with Crippen molar-refractivity contribution in [1.29, 1.82) is 0 Å². The third-order valence-electron chi connectivity index (χ3n) is 5.42. The fourth-order valence-corrected chi connectivity index (χ4v) is 5.46. The van der Waals surface area contributed by atoms with E-state index in [-0.39, 0.29) is 40.5 Å². The third kappa shape index (κ3) is 6.63. The van der Waals surface area contributed by atoms with Gasteiger partial charge in [-0.3, -0.25) is 14.4 Å². The van der Waals surface area contributed by atoms with Crippen molar-refractivity contribution in [1.82, 2.24) is 20.1 Å². The summed E-state index contributed by atoms with van der Waals surface area (Å²) in [6.07, 6.45) is 0. The number of carbonyl (C=O) groups excluding carboxylic acids is 4. The van der Waals surface area contributed by atoms with Gasteiger partial charge in [0.2, 0.25) is 5.91 Å². The fourth-order valence-electron chi connectivity index (χ4n) is 3.64. The van der Waals surface area contributed by atoms with E-state index in [0.717, 1.165) is 28.7 Å². The number of hydrogen-bond acceptors (Lipinski definition) is 9. The van der Waals surface area contributed by atoms with E-state index in [1.807, 2.05) is 26.0 Å². The third-order valence-corrected chi connectivity index (χ3v) is 7.74. The van der Waals surface area contributed by atoms with Crippen LogP contribution in [0.3, 0.4) is 0 Å². The summed E-state index contributed by atoms with van der Waals surface area (Å²) in [5.41, 5.74) is 2.22. The van der Waals surface area contributed by atoms with Crippen LogP contribution in [0.5, 0.6) is 0 Å². The number of anilines is 1. The first kappa shape index (κ1) is 28.1. The zero-order chi connectivity index (χ0) is 27.3. The molecule has 37 heavy (non-hydrogen) atoms. The lowest BCUT2D eigenvalue weighted by molar-refractivity contribution is -0.113. The molecule has 2 aromatic heterocycles. The zero-order valence-corrected chi connectivity index (χ0v) is 23.1. The highest BCUT2D eigenvalue weighted by Gasteiger charge is 2.25. The Bertz CT molecular complexity index is 1350. The summed E-state index contributed by atoms with van der Waals surface area (Å²) >= 11 is 2.21. The molecule has 10 nitrogen and oxygen atoms in total. The minimum atomic E-state index is -0.591. The molecule has 0 aliphatic carbocycles. The Labute approximate surface area is 223 Å². The van der Waals surface area contributed by atoms with Gasteiger partial charge in [0.1, 0.15) is 5.00 Å². The van der Waals surface area contributed by atoms with E-state index >= 15 is 0 Å². The number of hydrogen-bond donors (Lipinski definition) is 2. The van der Waals surface area contributed by atoms with Gasteiger partial charge in [0.25, 0.3) is 5.91 Å². The number of thioether (sulfide) groups is 1. The fraction of sp³-hybridized carbons (Fsp3) is 0.360. The molecule has 196 valence electrons. The molecule has 0 saturated carbocycles. The number of carbonyl (C=O) groups is 4. The first-order chi connectivity index (χ1) is 17.5. The second-order valence-electron chi connectivity index (χ2n) is 8.34. The van der Waals surface area contributed by atoms with Crippen molar-refractivity contribution in [3.05, 3.63) is 57.2 Å². The number of Topliss-reactive ketones (excluding diaryl/α,β-unsaturated/α-hetero) is 1. The lowest BCUT2D eigenvalue weighted by atomic mass is 10.1. The van der Waals surface area contributed by atoms with Gasteiger partial charge in [0.05, 0.1) is 28.8 Å². The van der Waals surface area contributed by atoms with Crippen molar-refractivity contribution >= 4 is 51.7 Å². The summed E-state index contributed by atoms with van der Waals surface area (Å²) in [7, 11) is 1.76. The van der Waals surface area contributed by atoms with Gasteiger partial charge in [-0.1, -0.05) is 29.5 Å². The van der Waals surface area contributed by atoms with Gasteiger partial charge in [-0.15, -0.1) is 21.5 Å². The number of thiophene rings is 1. The van der Waals surface area contributed by atoms with Gasteiger partial charge in [-0.05, 0) is 52.3 Å². The second-order valence-corrected chi connectivity index (χ2v) is 10.3. The molecule has 0 spiro atoms. The first-order valence-corrected chi connectivity index (χ1v) is 13.3. The molecule has 0 aliphatic rings. The maximum atomic E-state index is 12.7. The predicted octanol–water partition coefficient (Wildman–Crippen LogP) is 4.09. The molecule has 0 aliphatic heterocycles. The Morgan fingerprint density at radius 1 is 1.19 bits per heavy atom. The Hall–Kier alpha value is -3.51. The number of amides is 2.